The Morgan fingerprint density at radius 3 is 2.55 bits per heavy atom. The van der Waals surface area contributed by atoms with Crippen LogP contribution in [0.3, 0.4) is 0 Å². The van der Waals surface area contributed by atoms with Gasteiger partial charge in [0.1, 0.15) is 17.3 Å². The minimum Gasteiger partial charge on any atom is -0.350 e. The monoisotopic (exact) mass is 296 g/mol. The molecule has 0 saturated heterocycles. The molecule has 0 unspecified atom stereocenters. The summed E-state index contributed by atoms with van der Waals surface area (Å²) in [6, 6.07) is 6.27. The second kappa shape index (κ2) is 6.43. The lowest BCUT2D eigenvalue weighted by Crippen LogP contribution is -2.26. The van der Waals surface area contributed by atoms with E-state index >= 15 is 0 Å². The number of aromatic nitrogens is 1. The quantitative estimate of drug-likeness (QED) is 0.942. The Labute approximate surface area is 119 Å². The summed E-state index contributed by atoms with van der Waals surface area (Å²) in [5.74, 6) is -1.66. The summed E-state index contributed by atoms with van der Waals surface area (Å²) < 4.78 is 25.9. The predicted octanol–water partition coefficient (Wildman–Crippen LogP) is 2.99. The highest BCUT2D eigenvalue weighted by atomic mass is 35.5. The summed E-state index contributed by atoms with van der Waals surface area (Å²) in [4.78, 5) is 15.6. The lowest BCUT2D eigenvalue weighted by atomic mass is 10.1. The molecule has 0 bridgehead atoms. The maximum absolute atomic E-state index is 13.0. The second-order valence-electron chi connectivity index (χ2n) is 4.14. The van der Waals surface area contributed by atoms with E-state index in [1.807, 2.05) is 0 Å². The molecule has 2 aromatic rings. The van der Waals surface area contributed by atoms with Crippen molar-refractivity contribution in [1.29, 1.82) is 0 Å². The van der Waals surface area contributed by atoms with Gasteiger partial charge >= 0.3 is 0 Å². The van der Waals surface area contributed by atoms with Crippen LogP contribution in [0.2, 0.25) is 5.02 Å². The van der Waals surface area contributed by atoms with Crippen LogP contribution in [0.25, 0.3) is 0 Å². The van der Waals surface area contributed by atoms with Gasteiger partial charge < -0.3 is 5.32 Å². The van der Waals surface area contributed by atoms with E-state index in [0.29, 0.717) is 17.0 Å². The number of rotatable bonds is 4. The molecule has 0 saturated carbocycles. The van der Waals surface area contributed by atoms with Crippen molar-refractivity contribution in [3.05, 3.63) is 64.4 Å². The van der Waals surface area contributed by atoms with Gasteiger partial charge in [-0.05, 0) is 36.2 Å². The molecule has 1 aromatic heterocycles. The molecule has 0 fully saturated rings. The molecule has 1 heterocycles. The number of nitrogens with zero attached hydrogens (tertiary/aromatic N) is 1. The van der Waals surface area contributed by atoms with Crippen LogP contribution in [0.1, 0.15) is 16.1 Å². The van der Waals surface area contributed by atoms with E-state index in [-0.39, 0.29) is 18.1 Å². The first kappa shape index (κ1) is 14.4. The second-order valence-corrected chi connectivity index (χ2v) is 4.58. The van der Waals surface area contributed by atoms with Crippen molar-refractivity contribution in [3.8, 4) is 0 Å². The van der Waals surface area contributed by atoms with Crippen molar-refractivity contribution in [2.45, 2.75) is 6.42 Å². The zero-order valence-electron chi connectivity index (χ0n) is 10.4. The largest absolute Gasteiger partial charge is 0.350 e. The lowest BCUT2D eigenvalue weighted by Gasteiger charge is -2.05. The molecule has 0 aliphatic heterocycles. The predicted molar refractivity (Wildman–Crippen MR) is 71.6 cm³/mol. The van der Waals surface area contributed by atoms with Gasteiger partial charge in [0.15, 0.2) is 0 Å². The van der Waals surface area contributed by atoms with Gasteiger partial charge in [0.05, 0.1) is 0 Å². The third kappa shape index (κ3) is 3.99. The van der Waals surface area contributed by atoms with Crippen LogP contribution < -0.4 is 5.32 Å². The number of hydrogen-bond acceptors (Lipinski definition) is 2. The van der Waals surface area contributed by atoms with E-state index in [1.54, 1.807) is 6.07 Å². The highest BCUT2D eigenvalue weighted by Gasteiger charge is 2.07. The fourth-order valence-corrected chi connectivity index (χ4v) is 1.85. The number of nitrogens with one attached hydrogen (secondary N) is 1. The third-order valence-corrected chi connectivity index (χ3v) is 2.81. The zero-order chi connectivity index (χ0) is 14.5. The number of halogens is 3. The number of hydrogen-bond donors (Lipinski definition) is 1. The van der Waals surface area contributed by atoms with Gasteiger partial charge in [-0.15, -0.1) is 0 Å². The molecular formula is C14H11ClF2N2O. The van der Waals surface area contributed by atoms with Crippen molar-refractivity contribution in [3.63, 3.8) is 0 Å². The Kier molecular flexibility index (Phi) is 4.63. The molecule has 3 nitrogen and oxygen atoms in total. The van der Waals surface area contributed by atoms with Gasteiger partial charge in [0.2, 0.25) is 0 Å². The van der Waals surface area contributed by atoms with Crippen LogP contribution >= 0.6 is 11.6 Å². The van der Waals surface area contributed by atoms with Gasteiger partial charge in [-0.1, -0.05) is 11.6 Å². The van der Waals surface area contributed by atoms with Crippen molar-refractivity contribution < 1.29 is 13.6 Å². The Morgan fingerprint density at radius 2 is 1.90 bits per heavy atom. The van der Waals surface area contributed by atoms with Crippen LogP contribution in [-0.2, 0) is 6.42 Å². The molecular weight excluding hydrogens is 286 g/mol. The molecule has 1 amide bonds. The van der Waals surface area contributed by atoms with Crippen LogP contribution in [0.4, 0.5) is 8.78 Å². The minimum absolute atomic E-state index is 0.197. The zero-order valence-corrected chi connectivity index (χ0v) is 11.1. The molecule has 6 heteroatoms. The van der Waals surface area contributed by atoms with E-state index in [0.717, 1.165) is 6.07 Å². The van der Waals surface area contributed by atoms with E-state index in [9.17, 15) is 13.6 Å². The number of amides is 1. The highest BCUT2D eigenvalue weighted by Crippen LogP contribution is 2.09. The Morgan fingerprint density at radius 1 is 1.20 bits per heavy atom. The van der Waals surface area contributed by atoms with Gasteiger partial charge in [-0.25, -0.2) is 8.78 Å². The Balaban J connectivity index is 1.91. The van der Waals surface area contributed by atoms with E-state index in [4.69, 9.17) is 11.6 Å². The van der Waals surface area contributed by atoms with Crippen molar-refractivity contribution in [2.24, 2.45) is 0 Å². The van der Waals surface area contributed by atoms with Gasteiger partial charge in [-0.2, -0.15) is 0 Å². The molecule has 0 aliphatic carbocycles. The standard InChI is InChI=1S/C14H11ClF2N2O/c15-10-2-4-18-13(7-10)14(20)19-3-1-9-5-11(16)8-12(17)6-9/h2,4-8H,1,3H2,(H,19,20). The summed E-state index contributed by atoms with van der Waals surface area (Å²) in [5, 5.41) is 3.02. The minimum atomic E-state index is -0.636. The highest BCUT2D eigenvalue weighted by molar-refractivity contribution is 6.30. The van der Waals surface area contributed by atoms with Crippen LogP contribution in [0.5, 0.6) is 0 Å². The smallest absolute Gasteiger partial charge is 0.269 e. The van der Waals surface area contributed by atoms with E-state index in [1.165, 1.54) is 24.4 Å². The summed E-state index contributed by atoms with van der Waals surface area (Å²) in [6.07, 6.45) is 1.75. The van der Waals surface area contributed by atoms with Crippen molar-refractivity contribution >= 4 is 17.5 Å². The molecule has 0 atom stereocenters. The first-order valence-corrected chi connectivity index (χ1v) is 6.27. The topological polar surface area (TPSA) is 42.0 Å². The van der Waals surface area contributed by atoms with Crippen LogP contribution in [-0.4, -0.2) is 17.4 Å². The molecule has 1 N–H and O–H groups in total. The van der Waals surface area contributed by atoms with Crippen molar-refractivity contribution in [1.82, 2.24) is 10.3 Å². The van der Waals surface area contributed by atoms with Crippen LogP contribution in [0, 0.1) is 11.6 Å². The molecule has 0 radical (unpaired) electrons. The molecule has 0 aliphatic rings. The van der Waals surface area contributed by atoms with Crippen molar-refractivity contribution in [2.75, 3.05) is 6.54 Å². The first-order chi connectivity index (χ1) is 9.54. The summed E-state index contributed by atoms with van der Waals surface area (Å²) >= 11 is 5.75. The Bertz CT molecular complexity index is 614. The fourth-order valence-electron chi connectivity index (χ4n) is 1.70. The van der Waals surface area contributed by atoms with Gasteiger partial charge in [0, 0.05) is 23.8 Å². The molecule has 1 aromatic carbocycles. The molecule has 0 spiro atoms. The maximum Gasteiger partial charge on any atom is 0.269 e. The number of carbonyl (C=O) groups is 1. The average molecular weight is 297 g/mol. The molecule has 2 rings (SSSR count). The summed E-state index contributed by atoms with van der Waals surface area (Å²) in [5.41, 5.74) is 0.671. The molecule has 104 valence electrons. The number of benzene rings is 1. The summed E-state index contributed by atoms with van der Waals surface area (Å²) in [7, 11) is 0. The lowest BCUT2D eigenvalue weighted by molar-refractivity contribution is 0.0949. The number of carbonyl (C=O) groups excluding carboxylic acids is 1. The van der Waals surface area contributed by atoms with E-state index < -0.39 is 11.6 Å². The SMILES string of the molecule is O=C(NCCc1cc(F)cc(F)c1)c1cc(Cl)ccn1. The number of pyridine rings is 1. The average Bonchev–Trinajstić information content (AvgIpc) is 2.37. The third-order valence-electron chi connectivity index (χ3n) is 2.58. The first-order valence-electron chi connectivity index (χ1n) is 5.89. The van der Waals surface area contributed by atoms with E-state index in [2.05, 4.69) is 10.3 Å². The normalized spacial score (nSPS) is 10.3. The Hall–Kier alpha value is -2.01. The fraction of sp³-hybridized carbons (Fsp3) is 0.143. The van der Waals surface area contributed by atoms with Crippen LogP contribution in [0.15, 0.2) is 36.5 Å². The maximum atomic E-state index is 13.0. The van der Waals surface area contributed by atoms with Gasteiger partial charge in [-0.3, -0.25) is 9.78 Å². The molecule has 20 heavy (non-hydrogen) atoms. The summed E-state index contributed by atoms with van der Waals surface area (Å²) in [6.45, 7) is 0.246. The van der Waals surface area contributed by atoms with Gasteiger partial charge in [0.25, 0.3) is 5.91 Å².